The molecule has 0 saturated heterocycles. The molecule has 27 heavy (non-hydrogen) atoms. The molecule has 0 heterocycles. The largest absolute Gasteiger partial charge is 0.497 e. The average molecular weight is 362 g/mol. The van der Waals surface area contributed by atoms with Crippen LogP contribution in [0.15, 0.2) is 66.7 Å². The Kier molecular flexibility index (Phi) is 6.09. The van der Waals surface area contributed by atoms with Gasteiger partial charge in [0.15, 0.2) is 0 Å². The first-order chi connectivity index (χ1) is 13.1. The maximum Gasteiger partial charge on any atom is 0.237 e. The Bertz CT molecular complexity index is 900. The third-order valence-electron chi connectivity index (χ3n) is 4.81. The highest BCUT2D eigenvalue weighted by Gasteiger charge is 2.17. The van der Waals surface area contributed by atoms with Gasteiger partial charge in [-0.05, 0) is 47.9 Å². The van der Waals surface area contributed by atoms with Crippen molar-refractivity contribution >= 4 is 16.7 Å². The van der Waals surface area contributed by atoms with Gasteiger partial charge in [-0.15, -0.1) is 0 Å². The maximum absolute atomic E-state index is 12.5. The lowest BCUT2D eigenvalue weighted by Crippen LogP contribution is -2.42. The molecule has 4 nitrogen and oxygen atoms in total. The fraction of sp³-hybridized carbons (Fsp3) is 0.261. The van der Waals surface area contributed by atoms with E-state index < -0.39 is 0 Å². The van der Waals surface area contributed by atoms with Crippen molar-refractivity contribution in [2.45, 2.75) is 32.5 Å². The fourth-order valence-electron chi connectivity index (χ4n) is 3.25. The number of carbonyl (C=O) groups is 1. The van der Waals surface area contributed by atoms with E-state index in [2.05, 4.69) is 47.9 Å². The molecule has 0 aliphatic rings. The first-order valence-corrected chi connectivity index (χ1v) is 9.23. The van der Waals surface area contributed by atoms with E-state index >= 15 is 0 Å². The molecule has 4 heteroatoms. The quantitative estimate of drug-likeness (QED) is 0.662. The predicted octanol–water partition coefficient (Wildman–Crippen LogP) is 4.20. The number of hydrogen-bond acceptors (Lipinski definition) is 3. The van der Waals surface area contributed by atoms with Gasteiger partial charge in [-0.3, -0.25) is 10.1 Å². The number of fused-ring (bicyclic) bond motifs is 1. The lowest BCUT2D eigenvalue weighted by atomic mass is 9.99. The van der Waals surface area contributed by atoms with Gasteiger partial charge in [0, 0.05) is 12.6 Å². The molecule has 140 valence electrons. The number of benzene rings is 3. The van der Waals surface area contributed by atoms with E-state index in [9.17, 15) is 4.79 Å². The molecule has 2 atom stereocenters. The molecule has 0 aliphatic heterocycles. The van der Waals surface area contributed by atoms with Gasteiger partial charge >= 0.3 is 0 Å². The molecular weight excluding hydrogens is 336 g/mol. The zero-order valence-corrected chi connectivity index (χ0v) is 16.0. The number of amides is 1. The van der Waals surface area contributed by atoms with Crippen molar-refractivity contribution in [1.29, 1.82) is 0 Å². The number of hydrogen-bond donors (Lipinski definition) is 2. The van der Waals surface area contributed by atoms with Crippen molar-refractivity contribution in [2.24, 2.45) is 0 Å². The summed E-state index contributed by atoms with van der Waals surface area (Å²) in [7, 11) is 1.64. The predicted molar refractivity (Wildman–Crippen MR) is 110 cm³/mol. The second-order valence-corrected chi connectivity index (χ2v) is 6.74. The Labute approximate surface area is 160 Å². The van der Waals surface area contributed by atoms with E-state index in [-0.39, 0.29) is 18.0 Å². The van der Waals surface area contributed by atoms with Crippen LogP contribution in [0.3, 0.4) is 0 Å². The van der Waals surface area contributed by atoms with Gasteiger partial charge in [-0.2, -0.15) is 0 Å². The van der Waals surface area contributed by atoms with Crippen LogP contribution in [0.25, 0.3) is 10.8 Å². The average Bonchev–Trinajstić information content (AvgIpc) is 2.71. The molecule has 0 aliphatic carbocycles. The molecule has 3 aromatic rings. The van der Waals surface area contributed by atoms with Crippen LogP contribution in [-0.4, -0.2) is 19.1 Å². The zero-order chi connectivity index (χ0) is 19.2. The van der Waals surface area contributed by atoms with Crippen molar-refractivity contribution in [3.8, 4) is 5.75 Å². The molecule has 0 radical (unpaired) electrons. The molecule has 0 bridgehead atoms. The smallest absolute Gasteiger partial charge is 0.237 e. The summed E-state index contributed by atoms with van der Waals surface area (Å²) in [6.07, 6.45) is 0. The molecule has 0 unspecified atom stereocenters. The van der Waals surface area contributed by atoms with Gasteiger partial charge in [-0.1, -0.05) is 54.6 Å². The van der Waals surface area contributed by atoms with E-state index in [0.717, 1.165) is 11.3 Å². The molecule has 0 fully saturated rings. The van der Waals surface area contributed by atoms with E-state index in [1.54, 1.807) is 7.11 Å². The number of methoxy groups -OCH3 is 1. The standard InChI is InChI=1S/C23H26N2O2/c1-16(21-10-6-8-19-7-4-5-9-22(19)21)25-17(2)23(26)24-15-18-11-13-20(27-3)14-12-18/h4-14,16-17,25H,15H2,1-3H3,(H,24,26)/t16-,17-/m1/s1. The van der Waals surface area contributed by atoms with Crippen LogP contribution in [0.1, 0.15) is 31.0 Å². The van der Waals surface area contributed by atoms with Crippen molar-refractivity contribution in [3.63, 3.8) is 0 Å². The Balaban J connectivity index is 1.59. The van der Waals surface area contributed by atoms with Gasteiger partial charge < -0.3 is 10.1 Å². The van der Waals surface area contributed by atoms with Gasteiger partial charge in [0.25, 0.3) is 0 Å². The SMILES string of the molecule is COc1ccc(CNC(=O)[C@@H](C)N[C@H](C)c2cccc3ccccc23)cc1. The third-order valence-corrected chi connectivity index (χ3v) is 4.81. The Hall–Kier alpha value is -2.85. The van der Waals surface area contributed by atoms with Gasteiger partial charge in [-0.25, -0.2) is 0 Å². The van der Waals surface area contributed by atoms with Crippen LogP contribution < -0.4 is 15.4 Å². The highest BCUT2D eigenvalue weighted by Crippen LogP contribution is 2.24. The number of carbonyl (C=O) groups excluding carboxylic acids is 1. The molecule has 0 saturated carbocycles. The van der Waals surface area contributed by atoms with Crippen LogP contribution in [0.4, 0.5) is 0 Å². The summed E-state index contributed by atoms with van der Waals surface area (Å²) < 4.78 is 5.15. The Morgan fingerprint density at radius 1 is 0.963 bits per heavy atom. The minimum absolute atomic E-state index is 0.0158. The van der Waals surface area contributed by atoms with Crippen LogP contribution in [0.5, 0.6) is 5.75 Å². The van der Waals surface area contributed by atoms with Crippen molar-refractivity contribution in [2.75, 3.05) is 7.11 Å². The summed E-state index contributed by atoms with van der Waals surface area (Å²) in [5.74, 6) is 0.793. The number of rotatable bonds is 7. The first kappa shape index (κ1) is 18.9. The summed E-state index contributed by atoms with van der Waals surface area (Å²) in [6.45, 7) is 4.48. The van der Waals surface area contributed by atoms with E-state index in [1.807, 2.05) is 43.3 Å². The molecule has 0 aromatic heterocycles. The van der Waals surface area contributed by atoms with Crippen molar-refractivity contribution in [1.82, 2.24) is 10.6 Å². The van der Waals surface area contributed by atoms with Crippen molar-refractivity contribution in [3.05, 3.63) is 77.9 Å². The molecule has 2 N–H and O–H groups in total. The normalized spacial score (nSPS) is 13.1. The maximum atomic E-state index is 12.5. The van der Waals surface area contributed by atoms with Gasteiger partial charge in [0.05, 0.1) is 13.2 Å². The summed E-state index contributed by atoms with van der Waals surface area (Å²) in [4.78, 5) is 12.5. The van der Waals surface area contributed by atoms with Crippen LogP contribution >= 0.6 is 0 Å². The monoisotopic (exact) mass is 362 g/mol. The minimum atomic E-state index is -0.294. The van der Waals surface area contributed by atoms with Crippen molar-refractivity contribution < 1.29 is 9.53 Å². The topological polar surface area (TPSA) is 50.4 Å². The number of nitrogens with one attached hydrogen (secondary N) is 2. The minimum Gasteiger partial charge on any atom is -0.497 e. The van der Waals surface area contributed by atoms with Crippen LogP contribution in [-0.2, 0) is 11.3 Å². The lowest BCUT2D eigenvalue weighted by molar-refractivity contribution is -0.123. The van der Waals surface area contributed by atoms with E-state index in [4.69, 9.17) is 4.74 Å². The zero-order valence-electron chi connectivity index (χ0n) is 16.0. The second kappa shape index (κ2) is 8.69. The summed E-state index contributed by atoms with van der Waals surface area (Å²) >= 11 is 0. The first-order valence-electron chi connectivity index (χ1n) is 9.23. The summed E-state index contributed by atoms with van der Waals surface area (Å²) in [5, 5.41) is 8.82. The summed E-state index contributed by atoms with van der Waals surface area (Å²) in [6, 6.07) is 22.1. The van der Waals surface area contributed by atoms with Crippen LogP contribution in [0.2, 0.25) is 0 Å². The Morgan fingerprint density at radius 2 is 1.67 bits per heavy atom. The highest BCUT2D eigenvalue weighted by molar-refractivity contribution is 5.86. The number of ether oxygens (including phenoxy) is 1. The fourth-order valence-corrected chi connectivity index (χ4v) is 3.25. The second-order valence-electron chi connectivity index (χ2n) is 6.74. The third kappa shape index (κ3) is 4.66. The molecule has 3 aromatic carbocycles. The molecular formula is C23H26N2O2. The highest BCUT2D eigenvalue weighted by atomic mass is 16.5. The molecule has 1 amide bonds. The lowest BCUT2D eigenvalue weighted by Gasteiger charge is -2.21. The van der Waals surface area contributed by atoms with E-state index in [1.165, 1.54) is 16.3 Å². The summed E-state index contributed by atoms with van der Waals surface area (Å²) in [5.41, 5.74) is 2.24. The van der Waals surface area contributed by atoms with Crippen LogP contribution in [0, 0.1) is 0 Å². The molecule has 0 spiro atoms. The Morgan fingerprint density at radius 3 is 2.41 bits per heavy atom. The van der Waals surface area contributed by atoms with Gasteiger partial charge in [0.1, 0.15) is 5.75 Å². The molecule has 3 rings (SSSR count). The van der Waals surface area contributed by atoms with Gasteiger partial charge in [0.2, 0.25) is 5.91 Å². The van der Waals surface area contributed by atoms with E-state index in [0.29, 0.717) is 6.54 Å².